The predicted molar refractivity (Wildman–Crippen MR) is 75.7 cm³/mol. The van der Waals surface area contributed by atoms with E-state index in [0.717, 1.165) is 19.3 Å². The van der Waals surface area contributed by atoms with Gasteiger partial charge < -0.3 is 9.64 Å². The number of esters is 1. The SMILES string of the molecule is CCC(=O)N1CSC[C@H]1C(=O)OC[C@@H]1CC=CCC1. The van der Waals surface area contributed by atoms with Crippen molar-refractivity contribution in [3.05, 3.63) is 12.2 Å². The Labute approximate surface area is 118 Å². The van der Waals surface area contributed by atoms with Gasteiger partial charge in [0.25, 0.3) is 0 Å². The average Bonchev–Trinajstić information content (AvgIpc) is 2.94. The zero-order valence-corrected chi connectivity index (χ0v) is 12.2. The Kier molecular flexibility index (Phi) is 5.31. The number of rotatable bonds is 4. The molecule has 5 heteroatoms. The summed E-state index contributed by atoms with van der Waals surface area (Å²) in [6.07, 6.45) is 7.92. The van der Waals surface area contributed by atoms with E-state index in [1.54, 1.807) is 16.7 Å². The fourth-order valence-corrected chi connectivity index (χ4v) is 3.56. The molecule has 0 spiro atoms. The van der Waals surface area contributed by atoms with Gasteiger partial charge in [0, 0.05) is 12.2 Å². The number of ether oxygens (including phenoxy) is 1. The van der Waals surface area contributed by atoms with Crippen molar-refractivity contribution in [1.82, 2.24) is 4.90 Å². The first-order valence-electron chi connectivity index (χ1n) is 6.91. The monoisotopic (exact) mass is 283 g/mol. The van der Waals surface area contributed by atoms with Crippen molar-refractivity contribution in [3.63, 3.8) is 0 Å². The molecule has 106 valence electrons. The first-order chi connectivity index (χ1) is 9.22. The van der Waals surface area contributed by atoms with Crippen molar-refractivity contribution >= 4 is 23.6 Å². The maximum atomic E-state index is 12.1. The second-order valence-corrected chi connectivity index (χ2v) is 6.01. The molecule has 0 unspecified atom stereocenters. The molecule has 1 fully saturated rings. The second kappa shape index (κ2) is 6.98. The van der Waals surface area contributed by atoms with Gasteiger partial charge in [-0.2, -0.15) is 0 Å². The quantitative estimate of drug-likeness (QED) is 0.586. The summed E-state index contributed by atoms with van der Waals surface area (Å²) in [6.45, 7) is 2.31. The molecule has 4 nitrogen and oxygen atoms in total. The summed E-state index contributed by atoms with van der Waals surface area (Å²) in [5, 5.41) is 0. The minimum atomic E-state index is -0.378. The third kappa shape index (κ3) is 3.75. The lowest BCUT2D eigenvalue weighted by atomic mass is 9.95. The van der Waals surface area contributed by atoms with Crippen LogP contribution < -0.4 is 0 Å². The van der Waals surface area contributed by atoms with Crippen LogP contribution in [0.4, 0.5) is 0 Å². The highest BCUT2D eigenvalue weighted by Crippen LogP contribution is 2.24. The van der Waals surface area contributed by atoms with Gasteiger partial charge in [-0.25, -0.2) is 4.79 Å². The fourth-order valence-electron chi connectivity index (χ4n) is 2.39. The molecule has 0 saturated carbocycles. The smallest absolute Gasteiger partial charge is 0.329 e. The van der Waals surface area contributed by atoms with Gasteiger partial charge in [-0.1, -0.05) is 19.1 Å². The van der Waals surface area contributed by atoms with Crippen LogP contribution in [0.5, 0.6) is 0 Å². The summed E-state index contributed by atoms with van der Waals surface area (Å²) in [5.74, 6) is 1.51. The van der Waals surface area contributed by atoms with Crippen molar-refractivity contribution in [1.29, 1.82) is 0 Å². The van der Waals surface area contributed by atoms with Crippen LogP contribution in [0.1, 0.15) is 32.6 Å². The number of carbonyl (C=O) groups excluding carboxylic acids is 2. The van der Waals surface area contributed by atoms with Crippen molar-refractivity contribution in [2.24, 2.45) is 5.92 Å². The maximum absolute atomic E-state index is 12.1. The van der Waals surface area contributed by atoms with Crippen LogP contribution in [0.3, 0.4) is 0 Å². The lowest BCUT2D eigenvalue weighted by Crippen LogP contribution is -2.42. The van der Waals surface area contributed by atoms with Crippen LogP contribution in [0, 0.1) is 5.92 Å². The third-order valence-corrected chi connectivity index (χ3v) is 4.63. The number of carbonyl (C=O) groups is 2. The molecule has 1 saturated heterocycles. The summed E-state index contributed by atoms with van der Waals surface area (Å²) >= 11 is 1.62. The molecule has 2 atom stereocenters. The predicted octanol–water partition coefficient (Wildman–Crippen LogP) is 2.20. The lowest BCUT2D eigenvalue weighted by molar-refractivity contribution is -0.154. The molecule has 0 aromatic rings. The van der Waals surface area contributed by atoms with Gasteiger partial charge in [-0.15, -0.1) is 11.8 Å². The van der Waals surface area contributed by atoms with Gasteiger partial charge >= 0.3 is 5.97 Å². The van der Waals surface area contributed by atoms with Gasteiger partial charge in [-0.05, 0) is 25.2 Å². The summed E-state index contributed by atoms with van der Waals surface area (Å²) in [6, 6.07) is -0.378. The van der Waals surface area contributed by atoms with Crippen LogP contribution >= 0.6 is 11.8 Å². The summed E-state index contributed by atoms with van der Waals surface area (Å²) in [4.78, 5) is 25.4. The molecule has 1 aliphatic heterocycles. The molecule has 1 heterocycles. The molecular formula is C14H21NO3S. The largest absolute Gasteiger partial charge is 0.464 e. The molecule has 0 aromatic heterocycles. The highest BCUT2D eigenvalue weighted by Gasteiger charge is 2.35. The standard InChI is InChI=1S/C14H21NO3S/c1-2-13(16)15-10-19-9-12(15)14(17)18-8-11-6-4-3-5-7-11/h3-4,11-12H,2,5-10H2,1H3/t11-,12+/m1/s1. The molecule has 2 rings (SSSR count). The molecule has 0 N–H and O–H groups in total. The number of allylic oxidation sites excluding steroid dienone is 2. The summed E-state index contributed by atoms with van der Waals surface area (Å²) in [5.41, 5.74) is 0. The van der Waals surface area contributed by atoms with Crippen LogP contribution in [0.25, 0.3) is 0 Å². The molecule has 0 radical (unpaired) electrons. The van der Waals surface area contributed by atoms with E-state index >= 15 is 0 Å². The van der Waals surface area contributed by atoms with Gasteiger partial charge in [0.15, 0.2) is 0 Å². The van der Waals surface area contributed by atoms with Crippen LogP contribution in [-0.4, -0.2) is 41.1 Å². The van der Waals surface area contributed by atoms with Crippen molar-refractivity contribution < 1.29 is 14.3 Å². The number of hydrogen-bond donors (Lipinski definition) is 0. The van der Waals surface area contributed by atoms with E-state index in [4.69, 9.17) is 4.74 Å². The normalized spacial score (nSPS) is 26.5. The summed E-state index contributed by atoms with van der Waals surface area (Å²) in [7, 11) is 0. The molecule has 0 aromatic carbocycles. The van der Waals surface area contributed by atoms with Crippen LogP contribution in [0.15, 0.2) is 12.2 Å². The van der Waals surface area contributed by atoms with Gasteiger partial charge in [0.05, 0.1) is 12.5 Å². The van der Waals surface area contributed by atoms with Crippen molar-refractivity contribution in [2.75, 3.05) is 18.2 Å². The van der Waals surface area contributed by atoms with E-state index < -0.39 is 0 Å². The minimum absolute atomic E-state index is 0.0348. The topological polar surface area (TPSA) is 46.6 Å². The Morgan fingerprint density at radius 1 is 1.42 bits per heavy atom. The highest BCUT2D eigenvalue weighted by molar-refractivity contribution is 7.99. The molecule has 1 amide bonds. The van der Waals surface area contributed by atoms with E-state index in [2.05, 4.69) is 12.2 Å². The number of nitrogens with zero attached hydrogens (tertiary/aromatic N) is 1. The van der Waals surface area contributed by atoms with E-state index in [1.807, 2.05) is 6.92 Å². The fraction of sp³-hybridized carbons (Fsp3) is 0.714. The first kappa shape index (κ1) is 14.4. The van der Waals surface area contributed by atoms with Crippen LogP contribution in [0.2, 0.25) is 0 Å². The van der Waals surface area contributed by atoms with E-state index in [-0.39, 0.29) is 17.9 Å². The zero-order valence-electron chi connectivity index (χ0n) is 11.3. The van der Waals surface area contributed by atoms with E-state index in [0.29, 0.717) is 30.6 Å². The average molecular weight is 283 g/mol. The Bertz CT molecular complexity index is 370. The summed E-state index contributed by atoms with van der Waals surface area (Å²) < 4.78 is 5.41. The Balaban J connectivity index is 1.81. The molecule has 1 aliphatic carbocycles. The maximum Gasteiger partial charge on any atom is 0.329 e. The third-order valence-electron chi connectivity index (χ3n) is 3.62. The van der Waals surface area contributed by atoms with Crippen molar-refractivity contribution in [3.8, 4) is 0 Å². The van der Waals surface area contributed by atoms with Crippen molar-refractivity contribution in [2.45, 2.75) is 38.6 Å². The van der Waals surface area contributed by atoms with Gasteiger partial charge in [0.2, 0.25) is 5.91 Å². The highest BCUT2D eigenvalue weighted by atomic mass is 32.2. The molecule has 0 bridgehead atoms. The molecule has 2 aliphatic rings. The lowest BCUT2D eigenvalue weighted by Gasteiger charge is -2.23. The van der Waals surface area contributed by atoms with Crippen LogP contribution in [-0.2, 0) is 14.3 Å². The van der Waals surface area contributed by atoms with E-state index in [1.165, 1.54) is 0 Å². The zero-order chi connectivity index (χ0) is 13.7. The number of hydrogen-bond acceptors (Lipinski definition) is 4. The minimum Gasteiger partial charge on any atom is -0.464 e. The Morgan fingerprint density at radius 3 is 2.95 bits per heavy atom. The number of amides is 1. The first-order valence-corrected chi connectivity index (χ1v) is 8.06. The number of thioether (sulfide) groups is 1. The van der Waals surface area contributed by atoms with E-state index in [9.17, 15) is 9.59 Å². The molecule has 19 heavy (non-hydrogen) atoms. The Hall–Kier alpha value is -0.970. The van der Waals surface area contributed by atoms with Gasteiger partial charge in [-0.3, -0.25) is 4.79 Å². The second-order valence-electron chi connectivity index (χ2n) is 5.01. The molecular weight excluding hydrogens is 262 g/mol. The Morgan fingerprint density at radius 2 is 2.26 bits per heavy atom. The van der Waals surface area contributed by atoms with Gasteiger partial charge in [0.1, 0.15) is 6.04 Å².